The lowest BCUT2D eigenvalue weighted by atomic mass is 10.3. The maximum Gasteiger partial charge on any atom is 0.248 e. The monoisotopic (exact) mass is 427 g/mol. The Hall–Kier alpha value is -0.410. The van der Waals surface area contributed by atoms with Gasteiger partial charge in [0.1, 0.15) is 0 Å². The van der Waals surface area contributed by atoms with E-state index in [1.165, 1.54) is 11.4 Å². The van der Waals surface area contributed by atoms with E-state index in [-0.39, 0.29) is 16.8 Å². The van der Waals surface area contributed by atoms with Crippen molar-refractivity contribution in [2.45, 2.75) is 13.8 Å². The average molecular weight is 428 g/mol. The zero-order valence-corrected chi connectivity index (χ0v) is 17.3. The van der Waals surface area contributed by atoms with Gasteiger partial charge in [0.2, 0.25) is 11.6 Å². The number of thiocarbonyl (C=S) groups is 1. The smallest absolute Gasteiger partial charge is 0.248 e. The number of rotatable bonds is 8. The lowest BCUT2D eigenvalue weighted by Crippen LogP contribution is -2.44. The summed E-state index contributed by atoms with van der Waals surface area (Å²) in [5.74, 6) is -0.178. The number of halogens is 1. The van der Waals surface area contributed by atoms with Gasteiger partial charge in [-0.05, 0) is 62.1 Å². The second-order valence-corrected chi connectivity index (χ2v) is 11.3. The van der Waals surface area contributed by atoms with Crippen molar-refractivity contribution in [2.75, 3.05) is 24.3 Å². The minimum absolute atomic E-state index is 0.105. The molecule has 0 spiro atoms. The van der Waals surface area contributed by atoms with Crippen LogP contribution in [0.3, 0.4) is 0 Å². The molecule has 1 amide bonds. The van der Waals surface area contributed by atoms with Crippen LogP contribution in [0.1, 0.15) is 13.8 Å². The number of hydrazine groups is 1. The summed E-state index contributed by atoms with van der Waals surface area (Å²) in [4.78, 5) is 11.9. The Morgan fingerprint density at radius 2 is 1.79 bits per heavy atom. The van der Waals surface area contributed by atoms with Crippen LogP contribution in [0, 0.1) is 0 Å². The van der Waals surface area contributed by atoms with Crippen LogP contribution in [0.15, 0.2) is 24.3 Å². The Morgan fingerprint density at radius 1 is 1.21 bits per heavy atom. The molecular weight excluding hydrogens is 409 g/mol. The van der Waals surface area contributed by atoms with Gasteiger partial charge in [-0.2, -0.15) is 0 Å². The minimum atomic E-state index is -2.48. The van der Waals surface area contributed by atoms with E-state index in [9.17, 15) is 4.79 Å². The topological polar surface area (TPSA) is 71.6 Å². The summed E-state index contributed by atoms with van der Waals surface area (Å²) in [6.07, 6.45) is 0. The van der Waals surface area contributed by atoms with Gasteiger partial charge in [-0.25, -0.2) is 0 Å². The molecule has 0 saturated heterocycles. The highest BCUT2D eigenvalue weighted by atomic mass is 35.5. The summed E-state index contributed by atoms with van der Waals surface area (Å²) in [6, 6.07) is 7.01. The number of hydrogen-bond acceptors (Lipinski definition) is 6. The normalized spacial score (nSPS) is 11.0. The van der Waals surface area contributed by atoms with Crippen LogP contribution >= 0.6 is 40.9 Å². The lowest BCUT2D eigenvalue weighted by Gasteiger charge is -2.19. The van der Waals surface area contributed by atoms with Gasteiger partial charge in [-0.3, -0.25) is 15.6 Å². The Kier molecular flexibility index (Phi) is 10.1. The Bertz CT molecular complexity index is 594. The van der Waals surface area contributed by atoms with Crippen LogP contribution in [-0.2, 0) is 25.6 Å². The molecule has 6 nitrogen and oxygen atoms in total. The third-order valence-electron chi connectivity index (χ3n) is 2.35. The van der Waals surface area contributed by atoms with E-state index in [1.807, 2.05) is 13.8 Å². The van der Waals surface area contributed by atoms with Crippen LogP contribution in [0.5, 0.6) is 0 Å². The summed E-state index contributed by atoms with van der Waals surface area (Å²) < 4.78 is 10.9. The van der Waals surface area contributed by atoms with E-state index in [2.05, 4.69) is 16.2 Å². The van der Waals surface area contributed by atoms with Crippen LogP contribution in [0.25, 0.3) is 0 Å². The molecule has 0 bridgehead atoms. The lowest BCUT2D eigenvalue weighted by molar-refractivity contribution is -0.119. The number of hydrogen-bond donors (Lipinski definition) is 3. The van der Waals surface area contributed by atoms with Gasteiger partial charge < -0.3 is 14.4 Å². The van der Waals surface area contributed by atoms with E-state index in [1.54, 1.807) is 24.3 Å². The zero-order valence-electron chi connectivity index (χ0n) is 13.2. The first-order valence-electron chi connectivity index (χ1n) is 7.03. The molecule has 0 saturated carbocycles. The highest BCUT2D eigenvalue weighted by Gasteiger charge is 2.20. The summed E-state index contributed by atoms with van der Waals surface area (Å²) in [7, 11) is 0. The Morgan fingerprint density at radius 3 is 2.33 bits per heavy atom. The number of amides is 1. The Balaban J connectivity index is 2.35. The van der Waals surface area contributed by atoms with Gasteiger partial charge in [0.15, 0.2) is 5.11 Å². The van der Waals surface area contributed by atoms with Crippen molar-refractivity contribution in [3.63, 3.8) is 0 Å². The third-order valence-corrected chi connectivity index (χ3v) is 8.21. The van der Waals surface area contributed by atoms with E-state index < -0.39 is 5.69 Å². The van der Waals surface area contributed by atoms with Gasteiger partial charge in [-0.1, -0.05) is 23.0 Å². The molecule has 0 aromatic heterocycles. The van der Waals surface area contributed by atoms with Crippen LogP contribution in [0.4, 0.5) is 5.69 Å². The average Bonchev–Trinajstić information content (AvgIpc) is 2.54. The molecule has 0 heterocycles. The fourth-order valence-electron chi connectivity index (χ4n) is 1.42. The largest absolute Gasteiger partial charge is 0.331 e. The highest BCUT2D eigenvalue weighted by molar-refractivity contribution is 8.68. The molecule has 1 rings (SSSR count). The number of benzene rings is 1. The fourth-order valence-corrected chi connectivity index (χ4v) is 5.93. The number of nitrogens with one attached hydrogen (secondary N) is 3. The molecule has 1 aromatic carbocycles. The molecule has 0 aliphatic rings. The van der Waals surface area contributed by atoms with Gasteiger partial charge in [-0.15, -0.1) is 0 Å². The first-order valence-corrected chi connectivity index (χ1v) is 12.0. The second kappa shape index (κ2) is 11.3. The van der Waals surface area contributed by atoms with Gasteiger partial charge in [0.25, 0.3) is 0 Å². The molecule has 1 aromatic rings. The predicted octanol–water partition coefficient (Wildman–Crippen LogP) is 3.69. The first-order chi connectivity index (χ1) is 11.4. The van der Waals surface area contributed by atoms with Crippen LogP contribution in [-0.4, -0.2) is 30.0 Å². The minimum Gasteiger partial charge on any atom is -0.331 e. The molecule has 0 fully saturated rings. The molecule has 24 heavy (non-hydrogen) atoms. The van der Waals surface area contributed by atoms with Gasteiger partial charge >= 0.3 is 0 Å². The van der Waals surface area contributed by atoms with Gasteiger partial charge in [0, 0.05) is 10.7 Å². The fraction of sp³-hybridized carbons (Fsp3) is 0.385. The molecule has 0 unspecified atom stereocenters. The standard InChI is InChI=1S/C13H19ClN3O3PS3/c1-3-19-21(23,20-4-2)24-9-12(18)16-17-13(22)15-11-7-5-10(14)6-8-11/h5-8H,3-4,9H2,1-2H3,(H,16,18)(H2,15,17,22). The third kappa shape index (κ3) is 8.62. The molecule has 0 atom stereocenters. The Labute approximate surface area is 161 Å². The van der Waals surface area contributed by atoms with Crippen LogP contribution in [0.2, 0.25) is 5.02 Å². The van der Waals surface area contributed by atoms with E-state index >= 15 is 0 Å². The van der Waals surface area contributed by atoms with Crippen molar-refractivity contribution >= 4 is 69.4 Å². The highest BCUT2D eigenvalue weighted by Crippen LogP contribution is 2.60. The van der Waals surface area contributed by atoms with Crippen molar-refractivity contribution in [3.8, 4) is 0 Å². The molecule has 11 heteroatoms. The van der Waals surface area contributed by atoms with Crippen molar-refractivity contribution in [1.29, 1.82) is 0 Å². The SMILES string of the molecule is CCOP(=S)(OCC)SCC(=O)NNC(=S)Nc1ccc(Cl)cc1. The quantitative estimate of drug-likeness (QED) is 0.329. The van der Waals surface area contributed by atoms with Gasteiger partial charge in [0.05, 0.1) is 19.0 Å². The number of anilines is 1. The van der Waals surface area contributed by atoms with Crippen molar-refractivity contribution in [2.24, 2.45) is 0 Å². The first kappa shape index (κ1) is 21.6. The molecular formula is C13H19ClN3O3PS3. The van der Waals surface area contributed by atoms with Crippen molar-refractivity contribution < 1.29 is 13.8 Å². The maximum atomic E-state index is 11.9. The summed E-state index contributed by atoms with van der Waals surface area (Å²) in [6.45, 7) is 4.56. The number of carbonyl (C=O) groups is 1. The molecule has 134 valence electrons. The summed E-state index contributed by atoms with van der Waals surface area (Å²) >= 11 is 17.4. The van der Waals surface area contributed by atoms with Crippen molar-refractivity contribution in [3.05, 3.63) is 29.3 Å². The molecule has 3 N–H and O–H groups in total. The second-order valence-electron chi connectivity index (χ2n) is 4.19. The zero-order chi connectivity index (χ0) is 18.0. The van der Waals surface area contributed by atoms with Crippen LogP contribution < -0.4 is 16.2 Å². The molecule has 0 aliphatic carbocycles. The predicted molar refractivity (Wildman–Crippen MR) is 109 cm³/mol. The van der Waals surface area contributed by atoms with E-state index in [0.717, 1.165) is 5.69 Å². The molecule has 0 radical (unpaired) electrons. The maximum absolute atomic E-state index is 11.9. The number of carbonyl (C=O) groups excluding carboxylic acids is 1. The summed E-state index contributed by atoms with van der Waals surface area (Å²) in [5.41, 5.74) is 3.38. The van der Waals surface area contributed by atoms with E-state index in [0.29, 0.717) is 18.2 Å². The van der Waals surface area contributed by atoms with Crippen molar-refractivity contribution in [1.82, 2.24) is 10.9 Å². The molecule has 0 aliphatic heterocycles. The van der Waals surface area contributed by atoms with E-state index in [4.69, 9.17) is 44.7 Å². The summed E-state index contributed by atoms with van der Waals surface area (Å²) in [5, 5.41) is 3.80.